The Morgan fingerprint density at radius 1 is 1.23 bits per heavy atom. The predicted octanol–water partition coefficient (Wildman–Crippen LogP) is 4.14. The lowest BCUT2D eigenvalue weighted by atomic mass is 10.2. The van der Waals surface area contributed by atoms with Crippen LogP contribution in [0.4, 0.5) is 10.1 Å². The Bertz CT molecular complexity index is 1040. The van der Waals surface area contributed by atoms with E-state index in [1.807, 2.05) is 13.0 Å². The lowest BCUT2D eigenvalue weighted by Gasteiger charge is -2.09. The van der Waals surface area contributed by atoms with Gasteiger partial charge in [-0.1, -0.05) is 29.8 Å². The van der Waals surface area contributed by atoms with Gasteiger partial charge in [-0.3, -0.25) is 9.40 Å². The maximum Gasteiger partial charge on any atom is 0.262 e. The highest BCUT2D eigenvalue weighted by Gasteiger charge is 2.18. The van der Waals surface area contributed by atoms with Gasteiger partial charge < -0.3 is 0 Å². The van der Waals surface area contributed by atoms with Crippen LogP contribution in [0.3, 0.4) is 0 Å². The van der Waals surface area contributed by atoms with E-state index in [2.05, 4.69) is 9.82 Å². The molecule has 0 radical (unpaired) electrons. The van der Waals surface area contributed by atoms with Crippen molar-refractivity contribution in [2.75, 3.05) is 4.72 Å². The molecule has 0 saturated heterocycles. The minimum Gasteiger partial charge on any atom is -0.276 e. The topological polar surface area (TPSA) is 64.0 Å². The Kier molecular flexibility index (Phi) is 5.02. The van der Waals surface area contributed by atoms with Crippen LogP contribution in [0.1, 0.15) is 16.7 Å². The number of nitrogens with one attached hydrogen (secondary N) is 1. The van der Waals surface area contributed by atoms with Crippen molar-refractivity contribution in [1.82, 2.24) is 9.78 Å². The molecular weight excluding hydrogens is 377 g/mol. The van der Waals surface area contributed by atoms with E-state index in [9.17, 15) is 12.8 Å². The molecule has 136 valence electrons. The molecule has 0 unspecified atom stereocenters. The molecule has 0 aliphatic carbocycles. The number of nitrogens with zero attached hydrogens (tertiary/aromatic N) is 2. The minimum absolute atomic E-state index is 0.0940. The number of anilines is 1. The second kappa shape index (κ2) is 7.09. The molecule has 1 N–H and O–H groups in total. The number of benzene rings is 2. The van der Waals surface area contributed by atoms with Gasteiger partial charge in [0.25, 0.3) is 10.0 Å². The summed E-state index contributed by atoms with van der Waals surface area (Å²) in [6, 6.07) is 9.65. The zero-order chi connectivity index (χ0) is 18.9. The first-order chi connectivity index (χ1) is 12.3. The van der Waals surface area contributed by atoms with Crippen LogP contribution in [0.2, 0.25) is 5.02 Å². The number of halogens is 2. The highest BCUT2D eigenvalue weighted by Crippen LogP contribution is 2.22. The van der Waals surface area contributed by atoms with Gasteiger partial charge >= 0.3 is 0 Å². The molecule has 26 heavy (non-hydrogen) atoms. The fourth-order valence-corrected chi connectivity index (χ4v) is 4.14. The first kappa shape index (κ1) is 18.4. The summed E-state index contributed by atoms with van der Waals surface area (Å²) >= 11 is 6.01. The standard InChI is InChI=1S/C18H17ClFN3O2S/c1-12-6-7-13(2)18(8-12)26(24,25)22-14-9-21-23(10-14)11-15-16(19)4-3-5-17(15)20/h3-10,22H,11H2,1-2H3. The van der Waals surface area contributed by atoms with Gasteiger partial charge in [-0.25, -0.2) is 12.8 Å². The Labute approximate surface area is 156 Å². The van der Waals surface area contributed by atoms with Gasteiger partial charge in [-0.15, -0.1) is 0 Å². The summed E-state index contributed by atoms with van der Waals surface area (Å²) in [6.45, 7) is 3.66. The second-order valence-electron chi connectivity index (χ2n) is 6.00. The van der Waals surface area contributed by atoms with Gasteiger partial charge in [-0.2, -0.15) is 5.10 Å². The largest absolute Gasteiger partial charge is 0.276 e. The maximum atomic E-state index is 13.9. The van der Waals surface area contributed by atoms with E-state index in [4.69, 9.17) is 11.6 Å². The van der Waals surface area contributed by atoms with Crippen LogP contribution < -0.4 is 4.72 Å². The molecule has 1 heterocycles. The minimum atomic E-state index is -3.75. The summed E-state index contributed by atoms with van der Waals surface area (Å²) in [5, 5.41) is 4.37. The molecule has 0 spiro atoms. The Hall–Kier alpha value is -2.38. The third-order valence-corrected chi connectivity index (χ3v) is 5.78. The maximum absolute atomic E-state index is 13.9. The first-order valence-electron chi connectivity index (χ1n) is 7.82. The van der Waals surface area contributed by atoms with Crippen LogP contribution in [0, 0.1) is 19.7 Å². The van der Waals surface area contributed by atoms with E-state index in [-0.39, 0.29) is 16.5 Å². The molecule has 0 amide bonds. The Morgan fingerprint density at radius 3 is 2.73 bits per heavy atom. The van der Waals surface area contributed by atoms with Crippen molar-refractivity contribution in [2.24, 2.45) is 0 Å². The van der Waals surface area contributed by atoms with Crippen LogP contribution in [-0.2, 0) is 16.6 Å². The number of aromatic nitrogens is 2. The van der Waals surface area contributed by atoms with Crippen LogP contribution >= 0.6 is 11.6 Å². The lowest BCUT2D eigenvalue weighted by Crippen LogP contribution is -2.14. The monoisotopic (exact) mass is 393 g/mol. The molecule has 0 aliphatic heterocycles. The van der Waals surface area contributed by atoms with Crippen molar-refractivity contribution < 1.29 is 12.8 Å². The SMILES string of the molecule is Cc1ccc(C)c(S(=O)(=O)Nc2cnn(Cc3c(F)cccc3Cl)c2)c1. The predicted molar refractivity (Wildman–Crippen MR) is 99.5 cm³/mol. The van der Waals surface area contributed by atoms with Crippen LogP contribution in [0.25, 0.3) is 0 Å². The summed E-state index contributed by atoms with van der Waals surface area (Å²) in [5.41, 5.74) is 2.08. The van der Waals surface area contributed by atoms with Gasteiger partial charge in [0, 0.05) is 16.8 Å². The molecule has 2 aromatic carbocycles. The normalized spacial score (nSPS) is 11.5. The van der Waals surface area contributed by atoms with Crippen LogP contribution in [-0.4, -0.2) is 18.2 Å². The van der Waals surface area contributed by atoms with Gasteiger partial charge in [0.15, 0.2) is 0 Å². The third-order valence-electron chi connectivity index (χ3n) is 3.90. The van der Waals surface area contributed by atoms with E-state index < -0.39 is 15.8 Å². The molecule has 0 fully saturated rings. The van der Waals surface area contributed by atoms with Crippen molar-refractivity contribution >= 4 is 27.3 Å². The van der Waals surface area contributed by atoms with Crippen molar-refractivity contribution in [3.8, 4) is 0 Å². The Morgan fingerprint density at radius 2 is 2.00 bits per heavy atom. The van der Waals surface area contributed by atoms with E-state index in [0.29, 0.717) is 16.8 Å². The molecule has 1 aromatic heterocycles. The van der Waals surface area contributed by atoms with E-state index in [0.717, 1.165) is 5.56 Å². The van der Waals surface area contributed by atoms with Crippen molar-refractivity contribution in [3.05, 3.63) is 76.3 Å². The summed E-state index contributed by atoms with van der Waals surface area (Å²) in [5.74, 6) is -0.439. The Balaban J connectivity index is 1.83. The molecule has 0 bridgehead atoms. The molecular formula is C18H17ClFN3O2S. The number of rotatable bonds is 5. The van der Waals surface area contributed by atoms with Gasteiger partial charge in [0.2, 0.25) is 0 Å². The summed E-state index contributed by atoms with van der Waals surface area (Å²) in [6.07, 6.45) is 2.86. The lowest BCUT2D eigenvalue weighted by molar-refractivity contribution is 0.585. The first-order valence-corrected chi connectivity index (χ1v) is 9.68. The molecule has 3 rings (SSSR count). The van der Waals surface area contributed by atoms with Crippen LogP contribution in [0.15, 0.2) is 53.7 Å². The fourth-order valence-electron chi connectivity index (χ4n) is 2.56. The highest BCUT2D eigenvalue weighted by molar-refractivity contribution is 7.92. The van der Waals surface area contributed by atoms with Crippen LogP contribution in [0.5, 0.6) is 0 Å². The third kappa shape index (κ3) is 3.89. The molecule has 0 saturated carbocycles. The van der Waals surface area contributed by atoms with E-state index >= 15 is 0 Å². The molecule has 3 aromatic rings. The average molecular weight is 394 g/mol. The number of sulfonamides is 1. The number of hydrogen-bond acceptors (Lipinski definition) is 3. The smallest absolute Gasteiger partial charge is 0.262 e. The van der Waals surface area contributed by atoms with Gasteiger partial charge in [0.1, 0.15) is 5.82 Å². The van der Waals surface area contributed by atoms with Gasteiger partial charge in [-0.05, 0) is 43.2 Å². The van der Waals surface area contributed by atoms with Crippen molar-refractivity contribution in [3.63, 3.8) is 0 Å². The van der Waals surface area contributed by atoms with E-state index in [1.165, 1.54) is 29.2 Å². The molecule has 5 nitrogen and oxygen atoms in total. The van der Waals surface area contributed by atoms with Gasteiger partial charge in [0.05, 0.1) is 23.3 Å². The summed E-state index contributed by atoms with van der Waals surface area (Å²) < 4.78 is 43.0. The molecule has 0 atom stereocenters. The van der Waals surface area contributed by atoms with E-state index in [1.54, 1.807) is 25.1 Å². The molecule has 8 heteroatoms. The fraction of sp³-hybridized carbons (Fsp3) is 0.167. The quantitative estimate of drug-likeness (QED) is 0.708. The number of aryl methyl sites for hydroxylation is 2. The van der Waals surface area contributed by atoms with Crippen molar-refractivity contribution in [1.29, 1.82) is 0 Å². The zero-order valence-corrected chi connectivity index (χ0v) is 15.8. The molecule has 0 aliphatic rings. The number of hydrogen-bond donors (Lipinski definition) is 1. The summed E-state index contributed by atoms with van der Waals surface area (Å²) in [4.78, 5) is 0.211. The van der Waals surface area contributed by atoms with Crippen molar-refractivity contribution in [2.45, 2.75) is 25.3 Å². The zero-order valence-electron chi connectivity index (χ0n) is 14.2. The highest BCUT2D eigenvalue weighted by atomic mass is 35.5. The average Bonchev–Trinajstić information content (AvgIpc) is 2.99. The summed E-state index contributed by atoms with van der Waals surface area (Å²) in [7, 11) is -3.75. The second-order valence-corrected chi connectivity index (χ2v) is 8.06.